The summed E-state index contributed by atoms with van der Waals surface area (Å²) in [5.74, 6) is 2.66. The molecule has 0 aliphatic heterocycles. The van der Waals surface area contributed by atoms with Crippen LogP contribution in [-0.2, 0) is 6.42 Å². The molecule has 4 heteroatoms. The summed E-state index contributed by atoms with van der Waals surface area (Å²) in [4.78, 5) is 10.1. The van der Waals surface area contributed by atoms with Crippen LogP contribution >= 0.6 is 0 Å². The SMILES string of the molecule is C#CC(CC)NCCc1ccc([N+](=O)[O-])cc1. The fraction of sp³-hybridized carbons (Fsp3) is 0.385. The zero-order valence-electron chi connectivity index (χ0n) is 9.85. The van der Waals surface area contributed by atoms with Gasteiger partial charge in [-0.3, -0.25) is 10.1 Å². The average Bonchev–Trinajstić information content (AvgIpc) is 2.35. The second kappa shape index (κ2) is 6.66. The van der Waals surface area contributed by atoms with Crippen LogP contribution < -0.4 is 5.32 Å². The van der Waals surface area contributed by atoms with E-state index in [0.29, 0.717) is 0 Å². The Hall–Kier alpha value is -1.86. The minimum Gasteiger partial charge on any atom is -0.303 e. The van der Waals surface area contributed by atoms with Crippen molar-refractivity contribution in [3.8, 4) is 12.3 Å². The second-order valence-corrected chi connectivity index (χ2v) is 3.76. The minimum absolute atomic E-state index is 0.105. The van der Waals surface area contributed by atoms with Gasteiger partial charge < -0.3 is 5.32 Å². The van der Waals surface area contributed by atoms with Crippen molar-refractivity contribution in [2.24, 2.45) is 0 Å². The molecule has 0 aliphatic rings. The maximum Gasteiger partial charge on any atom is 0.269 e. The Morgan fingerprint density at radius 1 is 1.47 bits per heavy atom. The lowest BCUT2D eigenvalue weighted by molar-refractivity contribution is -0.384. The van der Waals surface area contributed by atoms with Crippen molar-refractivity contribution in [1.82, 2.24) is 5.32 Å². The van der Waals surface area contributed by atoms with Gasteiger partial charge >= 0.3 is 0 Å². The van der Waals surface area contributed by atoms with E-state index in [9.17, 15) is 10.1 Å². The Balaban J connectivity index is 2.43. The van der Waals surface area contributed by atoms with Crippen molar-refractivity contribution < 1.29 is 4.92 Å². The zero-order chi connectivity index (χ0) is 12.7. The van der Waals surface area contributed by atoms with Crippen LogP contribution in [-0.4, -0.2) is 17.5 Å². The summed E-state index contributed by atoms with van der Waals surface area (Å²) >= 11 is 0. The summed E-state index contributed by atoms with van der Waals surface area (Å²) in [6.45, 7) is 2.81. The number of nitro benzene ring substituents is 1. The third-order valence-corrected chi connectivity index (χ3v) is 2.56. The molecule has 0 saturated heterocycles. The predicted octanol–water partition coefficient (Wildman–Crippen LogP) is 2.14. The van der Waals surface area contributed by atoms with Gasteiger partial charge in [-0.15, -0.1) is 6.42 Å². The highest BCUT2D eigenvalue weighted by Gasteiger charge is 2.04. The first-order chi connectivity index (χ1) is 8.17. The molecule has 1 rings (SSSR count). The van der Waals surface area contributed by atoms with Gasteiger partial charge in [-0.25, -0.2) is 0 Å². The van der Waals surface area contributed by atoms with Crippen LogP contribution in [0.2, 0.25) is 0 Å². The molecular weight excluding hydrogens is 216 g/mol. The van der Waals surface area contributed by atoms with E-state index in [-0.39, 0.29) is 11.7 Å². The number of nitrogens with one attached hydrogen (secondary N) is 1. The van der Waals surface area contributed by atoms with E-state index in [4.69, 9.17) is 6.42 Å². The molecule has 1 N–H and O–H groups in total. The molecule has 0 aliphatic carbocycles. The number of hydrogen-bond acceptors (Lipinski definition) is 3. The van der Waals surface area contributed by atoms with Gasteiger partial charge in [0.25, 0.3) is 5.69 Å². The monoisotopic (exact) mass is 232 g/mol. The van der Waals surface area contributed by atoms with Crippen molar-refractivity contribution >= 4 is 5.69 Å². The van der Waals surface area contributed by atoms with E-state index in [0.717, 1.165) is 24.9 Å². The van der Waals surface area contributed by atoms with Gasteiger partial charge in [-0.1, -0.05) is 25.0 Å². The lowest BCUT2D eigenvalue weighted by Crippen LogP contribution is -2.28. The Bertz CT molecular complexity index is 406. The van der Waals surface area contributed by atoms with E-state index in [1.807, 2.05) is 6.92 Å². The summed E-state index contributed by atoms with van der Waals surface area (Å²) in [7, 11) is 0. The lowest BCUT2D eigenvalue weighted by Gasteiger charge is -2.10. The van der Waals surface area contributed by atoms with Gasteiger partial charge in [0, 0.05) is 18.7 Å². The van der Waals surface area contributed by atoms with Crippen molar-refractivity contribution in [3.63, 3.8) is 0 Å². The average molecular weight is 232 g/mol. The molecule has 0 bridgehead atoms. The quantitative estimate of drug-likeness (QED) is 0.464. The topological polar surface area (TPSA) is 55.2 Å². The molecule has 0 saturated carbocycles. The summed E-state index contributed by atoms with van der Waals surface area (Å²) in [6.07, 6.45) is 7.04. The number of benzene rings is 1. The molecule has 90 valence electrons. The number of non-ortho nitro benzene ring substituents is 1. The molecule has 1 atom stereocenters. The Morgan fingerprint density at radius 2 is 2.12 bits per heavy atom. The van der Waals surface area contributed by atoms with Gasteiger partial charge in [-0.2, -0.15) is 0 Å². The molecule has 17 heavy (non-hydrogen) atoms. The molecule has 0 heterocycles. The first kappa shape index (κ1) is 13.2. The number of nitrogens with zero attached hydrogens (tertiary/aromatic N) is 1. The number of rotatable bonds is 6. The van der Waals surface area contributed by atoms with E-state index < -0.39 is 4.92 Å². The van der Waals surface area contributed by atoms with E-state index in [1.54, 1.807) is 12.1 Å². The highest BCUT2D eigenvalue weighted by Crippen LogP contribution is 2.11. The Labute approximate surface area is 101 Å². The predicted molar refractivity (Wildman–Crippen MR) is 67.7 cm³/mol. The molecular formula is C13H16N2O2. The largest absolute Gasteiger partial charge is 0.303 e. The molecule has 0 amide bonds. The Kier molecular flexibility index (Phi) is 5.18. The fourth-order valence-corrected chi connectivity index (χ4v) is 1.50. The molecule has 0 radical (unpaired) electrons. The molecule has 1 aromatic carbocycles. The summed E-state index contributed by atoms with van der Waals surface area (Å²) in [6, 6.07) is 6.70. The maximum absolute atomic E-state index is 10.5. The number of hydrogen-bond donors (Lipinski definition) is 1. The van der Waals surface area contributed by atoms with E-state index in [1.165, 1.54) is 12.1 Å². The second-order valence-electron chi connectivity index (χ2n) is 3.76. The van der Waals surface area contributed by atoms with Crippen LogP contribution in [0.5, 0.6) is 0 Å². The minimum atomic E-state index is -0.395. The van der Waals surface area contributed by atoms with Crippen molar-refractivity contribution in [1.29, 1.82) is 0 Å². The van der Waals surface area contributed by atoms with Gasteiger partial charge in [0.1, 0.15) is 0 Å². The van der Waals surface area contributed by atoms with E-state index >= 15 is 0 Å². The number of terminal acetylenes is 1. The standard InChI is InChI=1S/C13H16N2O2/c1-3-12(4-2)14-10-9-11-5-7-13(8-6-11)15(16)17/h1,5-8,12,14H,4,9-10H2,2H3. The highest BCUT2D eigenvalue weighted by atomic mass is 16.6. The van der Waals surface area contributed by atoms with Gasteiger partial charge in [-0.05, 0) is 18.4 Å². The van der Waals surface area contributed by atoms with Crippen LogP contribution in [0, 0.1) is 22.5 Å². The smallest absolute Gasteiger partial charge is 0.269 e. The first-order valence-corrected chi connectivity index (χ1v) is 5.60. The molecule has 0 fully saturated rings. The number of nitro groups is 1. The lowest BCUT2D eigenvalue weighted by atomic mass is 10.1. The molecule has 0 aromatic heterocycles. The summed E-state index contributed by atoms with van der Waals surface area (Å²) in [5.41, 5.74) is 1.19. The van der Waals surface area contributed by atoms with Crippen LogP contribution in [0.4, 0.5) is 5.69 Å². The fourth-order valence-electron chi connectivity index (χ4n) is 1.50. The third kappa shape index (κ3) is 4.25. The molecule has 0 spiro atoms. The zero-order valence-corrected chi connectivity index (χ0v) is 9.85. The molecule has 1 aromatic rings. The van der Waals surface area contributed by atoms with Crippen molar-refractivity contribution in [2.45, 2.75) is 25.8 Å². The van der Waals surface area contributed by atoms with Crippen LogP contribution in [0.25, 0.3) is 0 Å². The molecule has 1 unspecified atom stereocenters. The van der Waals surface area contributed by atoms with Gasteiger partial charge in [0.05, 0.1) is 11.0 Å². The van der Waals surface area contributed by atoms with E-state index in [2.05, 4.69) is 11.2 Å². The third-order valence-electron chi connectivity index (χ3n) is 2.56. The summed E-state index contributed by atoms with van der Waals surface area (Å²) < 4.78 is 0. The highest BCUT2D eigenvalue weighted by molar-refractivity contribution is 5.32. The van der Waals surface area contributed by atoms with Gasteiger partial charge in [0.2, 0.25) is 0 Å². The molecule has 4 nitrogen and oxygen atoms in total. The maximum atomic E-state index is 10.5. The van der Waals surface area contributed by atoms with Crippen LogP contribution in [0.3, 0.4) is 0 Å². The Morgan fingerprint density at radius 3 is 2.59 bits per heavy atom. The van der Waals surface area contributed by atoms with Crippen molar-refractivity contribution in [3.05, 3.63) is 39.9 Å². The van der Waals surface area contributed by atoms with Crippen LogP contribution in [0.1, 0.15) is 18.9 Å². The first-order valence-electron chi connectivity index (χ1n) is 5.60. The van der Waals surface area contributed by atoms with Gasteiger partial charge in [0.15, 0.2) is 0 Å². The van der Waals surface area contributed by atoms with Crippen LogP contribution in [0.15, 0.2) is 24.3 Å². The summed E-state index contributed by atoms with van der Waals surface area (Å²) in [5, 5.41) is 13.7. The van der Waals surface area contributed by atoms with Crippen molar-refractivity contribution in [2.75, 3.05) is 6.54 Å². The normalized spacial score (nSPS) is 11.8.